The van der Waals surface area contributed by atoms with E-state index in [1.807, 2.05) is 19.0 Å². The van der Waals surface area contributed by atoms with Crippen molar-refractivity contribution in [3.05, 3.63) is 51.6 Å². The zero-order valence-corrected chi connectivity index (χ0v) is 17.2. The lowest BCUT2D eigenvalue weighted by atomic mass is 9.91. The molecule has 2 aromatic rings. The first-order valence-electron chi connectivity index (χ1n) is 9.34. The summed E-state index contributed by atoms with van der Waals surface area (Å²) in [5.74, 6) is -1.02. The summed E-state index contributed by atoms with van der Waals surface area (Å²) in [6.45, 7) is 2.94. The Hall–Kier alpha value is -3.00. The van der Waals surface area contributed by atoms with E-state index in [9.17, 15) is 19.8 Å². The molecule has 0 radical (unpaired) electrons. The smallest absolute Gasteiger partial charge is 0.227 e. The minimum atomic E-state index is -0.731. The van der Waals surface area contributed by atoms with Gasteiger partial charge >= 0.3 is 0 Å². The zero-order valence-electron chi connectivity index (χ0n) is 17.2. The van der Waals surface area contributed by atoms with Crippen molar-refractivity contribution < 1.29 is 24.2 Å². The number of phenols is 1. The number of ether oxygens (including phenoxy) is 1. The van der Waals surface area contributed by atoms with Gasteiger partial charge in [-0.25, -0.2) is 0 Å². The predicted octanol–water partition coefficient (Wildman–Crippen LogP) is 1.96. The largest absolute Gasteiger partial charge is 0.504 e. The fourth-order valence-electron chi connectivity index (χ4n) is 3.02. The average molecular weight is 404 g/mol. The molecular formula is C21H28N2O6. The molecule has 1 unspecified atom stereocenters. The van der Waals surface area contributed by atoms with Gasteiger partial charge in [-0.1, -0.05) is 6.07 Å². The van der Waals surface area contributed by atoms with Gasteiger partial charge in [0.1, 0.15) is 5.76 Å². The van der Waals surface area contributed by atoms with Gasteiger partial charge in [0.05, 0.1) is 13.0 Å². The van der Waals surface area contributed by atoms with Crippen LogP contribution in [0.3, 0.4) is 0 Å². The van der Waals surface area contributed by atoms with Gasteiger partial charge in [0.25, 0.3) is 0 Å². The lowest BCUT2D eigenvalue weighted by Gasteiger charge is -2.19. The maximum Gasteiger partial charge on any atom is 0.227 e. The maximum absolute atomic E-state index is 12.5. The number of carbonyl (C=O) groups excluding carboxylic acids is 1. The van der Waals surface area contributed by atoms with Gasteiger partial charge in [-0.05, 0) is 51.7 Å². The van der Waals surface area contributed by atoms with Gasteiger partial charge in [0, 0.05) is 19.0 Å². The van der Waals surface area contributed by atoms with Gasteiger partial charge < -0.3 is 29.6 Å². The van der Waals surface area contributed by atoms with Crippen molar-refractivity contribution in [3.63, 3.8) is 0 Å². The number of hydrogen-bond acceptors (Lipinski definition) is 7. The Kier molecular flexibility index (Phi) is 7.67. The lowest BCUT2D eigenvalue weighted by Crippen LogP contribution is -2.28. The molecule has 0 fully saturated rings. The Morgan fingerprint density at radius 3 is 2.66 bits per heavy atom. The predicted molar refractivity (Wildman–Crippen MR) is 109 cm³/mol. The Morgan fingerprint density at radius 1 is 1.28 bits per heavy atom. The summed E-state index contributed by atoms with van der Waals surface area (Å²) in [4.78, 5) is 26.6. The first-order chi connectivity index (χ1) is 13.7. The van der Waals surface area contributed by atoms with E-state index in [4.69, 9.17) is 9.15 Å². The number of methoxy groups -OCH3 is 1. The van der Waals surface area contributed by atoms with Gasteiger partial charge in [0.15, 0.2) is 17.3 Å². The number of carbonyl (C=O) groups is 1. The molecule has 0 spiro atoms. The standard InChI is InChI=1S/C21H28N2O6/c1-13-10-17(25)20(27)21(29-13)15(12-19(26)22-8-5-9-23(2)3)14-6-7-16(24)18(11-14)28-4/h6-7,10-11,15,24,27H,5,8-9,12H2,1-4H3,(H,22,26). The second-order valence-electron chi connectivity index (χ2n) is 7.13. The highest BCUT2D eigenvalue weighted by molar-refractivity contribution is 5.77. The number of nitrogens with one attached hydrogen (secondary N) is 1. The molecule has 0 aliphatic rings. The van der Waals surface area contributed by atoms with Crippen LogP contribution in [0.1, 0.15) is 35.8 Å². The lowest BCUT2D eigenvalue weighted by molar-refractivity contribution is -0.121. The molecular weight excluding hydrogens is 376 g/mol. The summed E-state index contributed by atoms with van der Waals surface area (Å²) in [5, 5.41) is 23.0. The number of phenolic OH excluding ortho intramolecular Hbond substituents is 1. The molecule has 1 atom stereocenters. The summed E-state index contributed by atoms with van der Waals surface area (Å²) in [5.41, 5.74) is -0.0157. The van der Waals surface area contributed by atoms with Crippen LogP contribution in [0.4, 0.5) is 0 Å². The van der Waals surface area contributed by atoms with Crippen LogP contribution in [0.5, 0.6) is 17.2 Å². The van der Waals surface area contributed by atoms with Crippen LogP contribution < -0.4 is 15.5 Å². The molecule has 3 N–H and O–H groups in total. The van der Waals surface area contributed by atoms with Crippen molar-refractivity contribution in [3.8, 4) is 17.2 Å². The van der Waals surface area contributed by atoms with Crippen molar-refractivity contribution in [2.75, 3.05) is 34.3 Å². The molecule has 8 heteroatoms. The van der Waals surface area contributed by atoms with Crippen molar-refractivity contribution in [1.82, 2.24) is 10.2 Å². The Labute approximate surface area is 169 Å². The summed E-state index contributed by atoms with van der Waals surface area (Å²) < 4.78 is 10.8. The number of amides is 1. The molecule has 0 bridgehead atoms. The molecule has 1 amide bonds. The van der Waals surface area contributed by atoms with E-state index < -0.39 is 17.1 Å². The average Bonchev–Trinajstić information content (AvgIpc) is 2.66. The van der Waals surface area contributed by atoms with Crippen molar-refractivity contribution in [2.45, 2.75) is 25.7 Å². The highest BCUT2D eigenvalue weighted by Gasteiger charge is 2.26. The third-order valence-electron chi connectivity index (χ3n) is 4.49. The molecule has 158 valence electrons. The monoisotopic (exact) mass is 404 g/mol. The van der Waals surface area contributed by atoms with Gasteiger partial charge in [0.2, 0.25) is 17.1 Å². The Bertz CT molecular complexity index is 907. The SMILES string of the molecule is COc1cc(C(CC(=O)NCCCN(C)C)c2oc(C)cc(=O)c2O)ccc1O. The summed E-state index contributed by atoms with van der Waals surface area (Å²) in [6.07, 6.45) is 0.747. The Balaban J connectivity index is 2.34. The number of aryl methyl sites for hydroxylation is 1. The third-order valence-corrected chi connectivity index (χ3v) is 4.49. The highest BCUT2D eigenvalue weighted by Crippen LogP contribution is 2.37. The number of aromatic hydroxyl groups is 2. The number of rotatable bonds is 9. The second kappa shape index (κ2) is 9.97. The summed E-state index contributed by atoms with van der Waals surface area (Å²) in [7, 11) is 5.33. The van der Waals surface area contributed by atoms with Crippen LogP contribution in [-0.2, 0) is 4.79 Å². The second-order valence-corrected chi connectivity index (χ2v) is 7.13. The topological polar surface area (TPSA) is 112 Å². The third kappa shape index (κ3) is 5.99. The first kappa shape index (κ1) is 22.3. The van der Waals surface area contributed by atoms with E-state index in [0.717, 1.165) is 13.0 Å². The fraction of sp³-hybridized carbons (Fsp3) is 0.429. The van der Waals surface area contributed by atoms with E-state index in [2.05, 4.69) is 5.32 Å². The molecule has 8 nitrogen and oxygen atoms in total. The molecule has 1 aromatic carbocycles. The van der Waals surface area contributed by atoms with Crippen molar-refractivity contribution in [1.29, 1.82) is 0 Å². The zero-order chi connectivity index (χ0) is 21.6. The van der Waals surface area contributed by atoms with Gasteiger partial charge in [-0.15, -0.1) is 0 Å². The van der Waals surface area contributed by atoms with E-state index in [1.54, 1.807) is 19.1 Å². The van der Waals surface area contributed by atoms with Crippen LogP contribution in [0, 0.1) is 6.92 Å². The molecule has 0 saturated carbocycles. The fourth-order valence-corrected chi connectivity index (χ4v) is 3.02. The number of nitrogens with zero attached hydrogens (tertiary/aromatic N) is 1. The Morgan fingerprint density at radius 2 is 2.00 bits per heavy atom. The minimum absolute atomic E-state index is 0.00573. The van der Waals surface area contributed by atoms with Crippen LogP contribution in [-0.4, -0.2) is 55.3 Å². The highest BCUT2D eigenvalue weighted by atomic mass is 16.5. The molecule has 0 aliphatic carbocycles. The van der Waals surface area contributed by atoms with E-state index in [-0.39, 0.29) is 29.6 Å². The van der Waals surface area contributed by atoms with Crippen molar-refractivity contribution in [2.24, 2.45) is 0 Å². The summed E-state index contributed by atoms with van der Waals surface area (Å²) >= 11 is 0. The molecule has 1 aromatic heterocycles. The molecule has 0 aliphatic heterocycles. The summed E-state index contributed by atoms with van der Waals surface area (Å²) in [6, 6.07) is 5.78. The minimum Gasteiger partial charge on any atom is -0.504 e. The van der Waals surface area contributed by atoms with E-state index >= 15 is 0 Å². The molecule has 29 heavy (non-hydrogen) atoms. The number of benzene rings is 1. The van der Waals surface area contributed by atoms with Gasteiger partial charge in [-0.2, -0.15) is 0 Å². The normalized spacial score (nSPS) is 12.0. The molecule has 2 rings (SSSR count). The number of hydrogen-bond donors (Lipinski definition) is 3. The van der Waals surface area contributed by atoms with Crippen molar-refractivity contribution >= 4 is 5.91 Å². The maximum atomic E-state index is 12.5. The quantitative estimate of drug-likeness (QED) is 0.548. The molecule has 1 heterocycles. The van der Waals surface area contributed by atoms with Crippen LogP contribution in [0.2, 0.25) is 0 Å². The molecule has 0 saturated heterocycles. The van der Waals surface area contributed by atoms with Gasteiger partial charge in [-0.3, -0.25) is 9.59 Å². The van der Waals surface area contributed by atoms with E-state index in [0.29, 0.717) is 17.9 Å². The first-order valence-corrected chi connectivity index (χ1v) is 9.34. The van der Waals surface area contributed by atoms with Crippen LogP contribution in [0.15, 0.2) is 33.5 Å². The van der Waals surface area contributed by atoms with Crippen LogP contribution in [0.25, 0.3) is 0 Å². The van der Waals surface area contributed by atoms with Crippen LogP contribution >= 0.6 is 0 Å². The van der Waals surface area contributed by atoms with E-state index in [1.165, 1.54) is 19.2 Å².